The van der Waals surface area contributed by atoms with Gasteiger partial charge < -0.3 is 28.8 Å². The van der Waals surface area contributed by atoms with Crippen molar-refractivity contribution < 1.29 is 45.8 Å². The molecule has 0 heterocycles. The van der Waals surface area contributed by atoms with Crippen LogP contribution in [0.1, 0.15) is 0 Å². The summed E-state index contributed by atoms with van der Waals surface area (Å²) >= 11 is 0. The van der Waals surface area contributed by atoms with Gasteiger partial charge in [-0.2, -0.15) is 0 Å². The van der Waals surface area contributed by atoms with Gasteiger partial charge in [0, 0.05) is 27.4 Å². The molecule has 0 bridgehead atoms. The van der Waals surface area contributed by atoms with Gasteiger partial charge in [0.25, 0.3) is 0 Å². The van der Waals surface area contributed by atoms with Crippen LogP contribution in [0.4, 0.5) is 0 Å². The Morgan fingerprint density at radius 2 is 0.714 bits per heavy atom. The molecule has 0 unspecified atom stereocenters. The number of hydrogen-bond acceptors (Lipinski definition) is 6. The number of benzene rings is 2. The Hall–Kier alpha value is -0.847. The van der Waals surface area contributed by atoms with Crippen molar-refractivity contribution in [2.24, 2.45) is 0 Å². The molecule has 0 fully saturated rings. The van der Waals surface area contributed by atoms with Crippen molar-refractivity contribution in [3.63, 3.8) is 0 Å². The van der Waals surface area contributed by atoms with E-state index in [2.05, 4.69) is 0 Å². The fourth-order valence-electron chi connectivity index (χ4n) is 1.32. The molecule has 21 heavy (non-hydrogen) atoms. The van der Waals surface area contributed by atoms with E-state index in [4.69, 9.17) is 28.8 Å². The first-order valence-corrected chi connectivity index (χ1v) is 9.35. The van der Waals surface area contributed by atoms with E-state index in [0.29, 0.717) is 0 Å². The molecule has 0 amide bonds. The SMILES string of the molecule is O[Si](O)(O)c1ccccc1.O[Si](O)(O)c1ccccc1.[Mn]. The molecule has 0 aliphatic heterocycles. The Kier molecular flexibility index (Phi) is 8.22. The van der Waals surface area contributed by atoms with E-state index >= 15 is 0 Å². The largest absolute Gasteiger partial charge is 0.528 e. The molecular weight excluding hydrogens is 351 g/mol. The monoisotopic (exact) mass is 367 g/mol. The minimum Gasteiger partial charge on any atom is -0.386 e. The second-order valence-corrected chi connectivity index (χ2v) is 7.70. The Bertz CT molecular complexity index is 463. The van der Waals surface area contributed by atoms with Gasteiger partial charge >= 0.3 is 17.6 Å². The van der Waals surface area contributed by atoms with Crippen molar-refractivity contribution in [3.8, 4) is 0 Å². The molecule has 0 aliphatic carbocycles. The molecule has 115 valence electrons. The maximum atomic E-state index is 8.74. The number of rotatable bonds is 2. The molecule has 2 aromatic rings. The molecule has 1 radical (unpaired) electrons. The van der Waals surface area contributed by atoms with Crippen molar-refractivity contribution in [2.45, 2.75) is 0 Å². The molecule has 0 spiro atoms. The summed E-state index contributed by atoms with van der Waals surface area (Å²) in [5.41, 5.74) is 0. The maximum absolute atomic E-state index is 8.74. The Morgan fingerprint density at radius 3 is 0.857 bits per heavy atom. The molecule has 2 rings (SSSR count). The topological polar surface area (TPSA) is 121 Å². The fraction of sp³-hybridized carbons (Fsp3) is 0. The van der Waals surface area contributed by atoms with E-state index in [1.54, 1.807) is 36.4 Å². The first-order valence-electron chi connectivity index (χ1n) is 5.66. The zero-order chi connectivity index (χ0) is 15.2. The molecule has 9 heteroatoms. The van der Waals surface area contributed by atoms with Gasteiger partial charge in [-0.05, 0) is 0 Å². The third kappa shape index (κ3) is 7.64. The third-order valence-corrected chi connectivity index (χ3v) is 4.54. The van der Waals surface area contributed by atoms with Crippen LogP contribution in [0.25, 0.3) is 0 Å². The van der Waals surface area contributed by atoms with Crippen LogP contribution in [-0.2, 0) is 17.1 Å². The summed E-state index contributed by atoms with van der Waals surface area (Å²) in [5.74, 6) is 0. The van der Waals surface area contributed by atoms with Crippen LogP contribution >= 0.6 is 0 Å². The second-order valence-electron chi connectivity index (χ2n) is 4.00. The quantitative estimate of drug-likeness (QED) is 0.330. The second kappa shape index (κ2) is 8.56. The Morgan fingerprint density at radius 1 is 0.476 bits per heavy atom. The number of hydrogen-bond donors (Lipinski definition) is 6. The molecule has 0 saturated carbocycles. The van der Waals surface area contributed by atoms with Crippen LogP contribution in [0.3, 0.4) is 0 Å². The summed E-state index contributed by atoms with van der Waals surface area (Å²) in [6.07, 6.45) is 0. The van der Waals surface area contributed by atoms with E-state index in [0.717, 1.165) is 0 Å². The molecular formula is C12H16MnO6Si2. The van der Waals surface area contributed by atoms with Crippen molar-refractivity contribution in [2.75, 3.05) is 0 Å². The first-order chi connectivity index (χ1) is 9.21. The average molecular weight is 367 g/mol. The zero-order valence-corrected chi connectivity index (χ0v) is 14.0. The van der Waals surface area contributed by atoms with E-state index in [-0.39, 0.29) is 27.4 Å². The normalized spacial score (nSPS) is 11.0. The molecule has 6 nitrogen and oxygen atoms in total. The first kappa shape index (κ1) is 20.2. The van der Waals surface area contributed by atoms with Crippen LogP contribution in [0.15, 0.2) is 60.7 Å². The summed E-state index contributed by atoms with van der Waals surface area (Å²) < 4.78 is 0. The standard InChI is InChI=1S/2C6H8O3Si.Mn/c2*7-10(8,9)6-4-2-1-3-5-6;/h2*1-5,7-9H;. The van der Waals surface area contributed by atoms with Crippen molar-refractivity contribution in [1.29, 1.82) is 0 Å². The molecule has 0 saturated heterocycles. The van der Waals surface area contributed by atoms with Gasteiger partial charge in [0.05, 0.1) is 0 Å². The van der Waals surface area contributed by atoms with Gasteiger partial charge in [0.15, 0.2) is 0 Å². The molecule has 6 N–H and O–H groups in total. The van der Waals surface area contributed by atoms with Gasteiger partial charge in [-0.15, -0.1) is 0 Å². The van der Waals surface area contributed by atoms with E-state index < -0.39 is 17.6 Å². The summed E-state index contributed by atoms with van der Waals surface area (Å²) in [7, 11) is -8.07. The zero-order valence-electron chi connectivity index (χ0n) is 10.8. The minimum absolute atomic E-state index is 0. The summed E-state index contributed by atoms with van der Waals surface area (Å²) in [6, 6.07) is 15.9. The van der Waals surface area contributed by atoms with Crippen molar-refractivity contribution >= 4 is 28.0 Å². The Balaban J connectivity index is 0.000000364. The van der Waals surface area contributed by atoms with Gasteiger partial charge in [0.2, 0.25) is 0 Å². The van der Waals surface area contributed by atoms with Crippen LogP contribution in [0.2, 0.25) is 0 Å². The van der Waals surface area contributed by atoms with Gasteiger partial charge in [-0.1, -0.05) is 60.7 Å². The summed E-state index contributed by atoms with van der Waals surface area (Å²) in [4.78, 5) is 52.4. The third-order valence-electron chi connectivity index (χ3n) is 2.32. The summed E-state index contributed by atoms with van der Waals surface area (Å²) in [5, 5.41) is 0.407. The Labute approximate surface area is 134 Å². The van der Waals surface area contributed by atoms with Crippen LogP contribution in [0.5, 0.6) is 0 Å². The molecule has 0 aliphatic rings. The van der Waals surface area contributed by atoms with E-state index in [1.807, 2.05) is 0 Å². The maximum Gasteiger partial charge on any atom is 0.528 e. The summed E-state index contributed by atoms with van der Waals surface area (Å²) in [6.45, 7) is 0. The van der Waals surface area contributed by atoms with Crippen LogP contribution < -0.4 is 10.4 Å². The van der Waals surface area contributed by atoms with Gasteiger partial charge in [-0.25, -0.2) is 0 Å². The predicted molar refractivity (Wildman–Crippen MR) is 77.0 cm³/mol. The van der Waals surface area contributed by atoms with Crippen LogP contribution in [-0.4, -0.2) is 46.4 Å². The van der Waals surface area contributed by atoms with Crippen molar-refractivity contribution in [1.82, 2.24) is 0 Å². The van der Waals surface area contributed by atoms with E-state index in [1.165, 1.54) is 24.3 Å². The average Bonchev–Trinajstić information content (AvgIpc) is 2.40. The smallest absolute Gasteiger partial charge is 0.386 e. The van der Waals surface area contributed by atoms with Gasteiger partial charge in [0.1, 0.15) is 0 Å². The predicted octanol–water partition coefficient (Wildman–Crippen LogP) is -2.38. The van der Waals surface area contributed by atoms with Crippen LogP contribution in [0, 0.1) is 0 Å². The molecule has 0 atom stereocenters. The van der Waals surface area contributed by atoms with Crippen molar-refractivity contribution in [3.05, 3.63) is 60.7 Å². The minimum atomic E-state index is -4.03. The van der Waals surface area contributed by atoms with Gasteiger partial charge in [-0.3, -0.25) is 0 Å². The van der Waals surface area contributed by atoms with E-state index in [9.17, 15) is 0 Å². The molecule has 0 aromatic heterocycles. The molecule has 2 aromatic carbocycles. The fourth-order valence-corrected chi connectivity index (χ4v) is 2.60.